The molecule has 0 bridgehead atoms. The summed E-state index contributed by atoms with van der Waals surface area (Å²) in [4.78, 5) is 0. The highest BCUT2D eigenvalue weighted by Gasteiger charge is 2.21. The molecular weight excluding hydrogens is 326 g/mol. The molecule has 0 saturated carbocycles. The van der Waals surface area contributed by atoms with Gasteiger partial charge in [-0.05, 0) is 24.6 Å². The van der Waals surface area contributed by atoms with Crippen molar-refractivity contribution in [3.63, 3.8) is 0 Å². The van der Waals surface area contributed by atoms with Gasteiger partial charge in [0.1, 0.15) is 0 Å². The Morgan fingerprint density at radius 3 is 2.67 bits per heavy atom. The highest BCUT2D eigenvalue weighted by Crippen LogP contribution is 2.25. The van der Waals surface area contributed by atoms with E-state index in [-0.39, 0.29) is 5.41 Å². The summed E-state index contributed by atoms with van der Waals surface area (Å²) in [5, 5.41) is 8.21. The lowest BCUT2D eigenvalue weighted by Crippen LogP contribution is -2.21. The SMILES string of the molecule is C[C@H](NCc1cn(C)nc1C(C)(C)C)c1cccc(Br)c1. The van der Waals surface area contributed by atoms with Gasteiger partial charge < -0.3 is 5.32 Å². The van der Waals surface area contributed by atoms with Crippen LogP contribution in [0.25, 0.3) is 0 Å². The van der Waals surface area contributed by atoms with Gasteiger partial charge in [-0.25, -0.2) is 0 Å². The number of rotatable bonds is 4. The Balaban J connectivity index is 2.10. The molecule has 2 aromatic rings. The molecule has 0 aliphatic rings. The van der Waals surface area contributed by atoms with E-state index in [4.69, 9.17) is 0 Å². The van der Waals surface area contributed by atoms with Crippen LogP contribution in [0.5, 0.6) is 0 Å². The van der Waals surface area contributed by atoms with Gasteiger partial charge in [0.25, 0.3) is 0 Å². The van der Waals surface area contributed by atoms with Gasteiger partial charge in [-0.1, -0.05) is 48.8 Å². The predicted octanol–water partition coefficient (Wildman–Crippen LogP) is 4.33. The topological polar surface area (TPSA) is 29.9 Å². The van der Waals surface area contributed by atoms with E-state index in [1.54, 1.807) is 0 Å². The zero-order valence-corrected chi connectivity index (χ0v) is 15.0. The maximum absolute atomic E-state index is 4.62. The Morgan fingerprint density at radius 1 is 1.33 bits per heavy atom. The van der Waals surface area contributed by atoms with Crippen molar-refractivity contribution in [1.82, 2.24) is 15.1 Å². The minimum absolute atomic E-state index is 0.0668. The molecule has 0 aliphatic heterocycles. The summed E-state index contributed by atoms with van der Waals surface area (Å²) in [6.45, 7) is 9.63. The molecule has 2 rings (SSSR count). The third-order valence-corrected chi connectivity index (χ3v) is 4.06. The zero-order valence-electron chi connectivity index (χ0n) is 13.4. The van der Waals surface area contributed by atoms with Gasteiger partial charge in [-0.3, -0.25) is 4.68 Å². The van der Waals surface area contributed by atoms with Crippen molar-refractivity contribution in [2.75, 3.05) is 0 Å². The fourth-order valence-corrected chi connectivity index (χ4v) is 2.87. The normalized spacial score (nSPS) is 13.4. The van der Waals surface area contributed by atoms with E-state index >= 15 is 0 Å². The fraction of sp³-hybridized carbons (Fsp3) is 0.471. The fourth-order valence-electron chi connectivity index (χ4n) is 2.46. The first-order chi connectivity index (χ1) is 9.77. The van der Waals surface area contributed by atoms with Crippen LogP contribution in [0, 0.1) is 0 Å². The zero-order chi connectivity index (χ0) is 15.6. The Morgan fingerprint density at radius 2 is 2.05 bits per heavy atom. The lowest BCUT2D eigenvalue weighted by molar-refractivity contribution is 0.531. The van der Waals surface area contributed by atoms with Crippen LogP contribution in [-0.4, -0.2) is 9.78 Å². The summed E-state index contributed by atoms with van der Waals surface area (Å²) in [5.41, 5.74) is 3.79. The van der Waals surface area contributed by atoms with Crippen LogP contribution in [-0.2, 0) is 19.0 Å². The average molecular weight is 350 g/mol. The van der Waals surface area contributed by atoms with Crippen LogP contribution < -0.4 is 5.32 Å². The number of nitrogens with one attached hydrogen (secondary N) is 1. The highest BCUT2D eigenvalue weighted by molar-refractivity contribution is 9.10. The monoisotopic (exact) mass is 349 g/mol. The summed E-state index contributed by atoms with van der Waals surface area (Å²) in [6, 6.07) is 8.73. The third-order valence-electron chi connectivity index (χ3n) is 3.56. The van der Waals surface area contributed by atoms with Gasteiger partial charge in [-0.2, -0.15) is 5.10 Å². The van der Waals surface area contributed by atoms with E-state index in [1.807, 2.05) is 11.7 Å². The van der Waals surface area contributed by atoms with E-state index in [1.165, 1.54) is 16.8 Å². The van der Waals surface area contributed by atoms with E-state index < -0.39 is 0 Å². The number of hydrogen-bond acceptors (Lipinski definition) is 2. The van der Waals surface area contributed by atoms with Crippen molar-refractivity contribution in [3.8, 4) is 0 Å². The minimum Gasteiger partial charge on any atom is -0.306 e. The Labute approximate surface area is 135 Å². The first-order valence-corrected chi connectivity index (χ1v) is 8.08. The molecule has 1 heterocycles. The van der Waals surface area contributed by atoms with Crippen LogP contribution in [0.15, 0.2) is 34.9 Å². The summed E-state index contributed by atoms with van der Waals surface area (Å²) < 4.78 is 3.02. The summed E-state index contributed by atoms with van der Waals surface area (Å²) >= 11 is 3.53. The molecule has 4 heteroatoms. The maximum atomic E-state index is 4.62. The van der Waals surface area contributed by atoms with E-state index in [0.29, 0.717) is 6.04 Å². The summed E-state index contributed by atoms with van der Waals surface area (Å²) in [6.07, 6.45) is 2.11. The largest absolute Gasteiger partial charge is 0.306 e. The van der Waals surface area contributed by atoms with Crippen molar-refractivity contribution in [1.29, 1.82) is 0 Å². The molecule has 0 radical (unpaired) electrons. The van der Waals surface area contributed by atoms with Crippen molar-refractivity contribution < 1.29 is 0 Å². The first kappa shape index (κ1) is 16.2. The number of hydrogen-bond donors (Lipinski definition) is 1. The number of benzene rings is 1. The second kappa shape index (κ2) is 6.32. The van der Waals surface area contributed by atoms with Crippen molar-refractivity contribution in [2.24, 2.45) is 7.05 Å². The minimum atomic E-state index is 0.0668. The van der Waals surface area contributed by atoms with Crippen LogP contribution in [0.2, 0.25) is 0 Å². The van der Waals surface area contributed by atoms with Gasteiger partial charge in [-0.15, -0.1) is 0 Å². The molecule has 0 amide bonds. The lowest BCUT2D eigenvalue weighted by atomic mass is 9.89. The second-order valence-corrected chi connectivity index (χ2v) is 7.50. The Bertz CT molecular complexity index is 611. The molecular formula is C17H24BrN3. The van der Waals surface area contributed by atoms with E-state index in [2.05, 4.69) is 84.5 Å². The molecule has 114 valence electrons. The molecule has 21 heavy (non-hydrogen) atoms. The van der Waals surface area contributed by atoms with Crippen molar-refractivity contribution in [3.05, 3.63) is 51.8 Å². The van der Waals surface area contributed by atoms with Gasteiger partial charge in [0, 0.05) is 41.3 Å². The van der Waals surface area contributed by atoms with Crippen molar-refractivity contribution in [2.45, 2.75) is 45.7 Å². The lowest BCUT2D eigenvalue weighted by Gasteiger charge is -2.19. The van der Waals surface area contributed by atoms with Gasteiger partial charge in [0.15, 0.2) is 0 Å². The smallest absolute Gasteiger partial charge is 0.0722 e. The van der Waals surface area contributed by atoms with Crippen LogP contribution in [0.4, 0.5) is 0 Å². The van der Waals surface area contributed by atoms with Crippen LogP contribution in [0.3, 0.4) is 0 Å². The Hall–Kier alpha value is -1.13. The van der Waals surface area contributed by atoms with E-state index in [0.717, 1.165) is 11.0 Å². The van der Waals surface area contributed by atoms with E-state index in [9.17, 15) is 0 Å². The quantitative estimate of drug-likeness (QED) is 0.889. The molecule has 1 atom stereocenters. The standard InChI is InChI=1S/C17H24BrN3/c1-12(13-7-6-8-15(18)9-13)19-10-14-11-21(5)20-16(14)17(2,3)4/h6-9,11-12,19H,10H2,1-5H3/t12-/m0/s1. The summed E-state index contributed by atoms with van der Waals surface area (Å²) in [5.74, 6) is 0. The number of nitrogens with zero attached hydrogens (tertiary/aromatic N) is 2. The highest BCUT2D eigenvalue weighted by atomic mass is 79.9. The van der Waals surface area contributed by atoms with Crippen molar-refractivity contribution >= 4 is 15.9 Å². The molecule has 1 aromatic carbocycles. The average Bonchev–Trinajstić information content (AvgIpc) is 2.77. The summed E-state index contributed by atoms with van der Waals surface area (Å²) in [7, 11) is 1.98. The molecule has 0 unspecified atom stereocenters. The number of halogens is 1. The number of aryl methyl sites for hydroxylation is 1. The van der Waals surface area contributed by atoms with Gasteiger partial charge in [0.05, 0.1) is 5.69 Å². The molecule has 0 saturated heterocycles. The number of aromatic nitrogens is 2. The molecule has 1 N–H and O–H groups in total. The van der Waals surface area contributed by atoms with Crippen LogP contribution >= 0.6 is 15.9 Å². The second-order valence-electron chi connectivity index (χ2n) is 6.58. The molecule has 3 nitrogen and oxygen atoms in total. The first-order valence-electron chi connectivity index (χ1n) is 7.29. The predicted molar refractivity (Wildman–Crippen MR) is 91.3 cm³/mol. The maximum Gasteiger partial charge on any atom is 0.0722 e. The third kappa shape index (κ3) is 4.17. The van der Waals surface area contributed by atoms with Gasteiger partial charge >= 0.3 is 0 Å². The van der Waals surface area contributed by atoms with Gasteiger partial charge in [0.2, 0.25) is 0 Å². The molecule has 0 fully saturated rings. The molecule has 1 aromatic heterocycles. The molecule has 0 aliphatic carbocycles. The molecule has 0 spiro atoms. The van der Waals surface area contributed by atoms with Crippen LogP contribution in [0.1, 0.15) is 50.6 Å². The Kier molecular flexibility index (Phi) is 4.89.